The second kappa shape index (κ2) is 5.82. The Labute approximate surface area is 120 Å². The van der Waals surface area contributed by atoms with Crippen LogP contribution in [0.2, 0.25) is 0 Å². The Kier molecular flexibility index (Phi) is 4.45. The molecule has 1 aromatic carbocycles. The van der Waals surface area contributed by atoms with Gasteiger partial charge in [0.1, 0.15) is 0 Å². The van der Waals surface area contributed by atoms with Crippen LogP contribution < -0.4 is 10.6 Å². The molecule has 1 unspecified atom stereocenters. The number of sulfone groups is 1. The average Bonchev–Trinajstić information content (AvgIpc) is 2.46. The molecule has 0 saturated carbocycles. The van der Waals surface area contributed by atoms with Crippen molar-refractivity contribution in [1.82, 2.24) is 0 Å². The maximum Gasteiger partial charge on any atom is 0.501 e. The lowest BCUT2D eigenvalue weighted by atomic mass is 10.2. The van der Waals surface area contributed by atoms with E-state index in [1.54, 1.807) is 4.90 Å². The Morgan fingerprint density at radius 2 is 2.00 bits per heavy atom. The topological polar surface area (TPSA) is 72.6 Å². The van der Waals surface area contributed by atoms with E-state index in [4.69, 9.17) is 10.5 Å². The third-order valence-corrected chi connectivity index (χ3v) is 4.74. The van der Waals surface area contributed by atoms with E-state index in [9.17, 15) is 21.6 Å². The molecule has 0 amide bonds. The monoisotopic (exact) mass is 324 g/mol. The lowest BCUT2D eigenvalue weighted by Crippen LogP contribution is -2.46. The first-order valence-corrected chi connectivity index (χ1v) is 7.72. The van der Waals surface area contributed by atoms with Crippen LogP contribution in [-0.2, 0) is 14.6 Å². The number of hydrogen-bond acceptors (Lipinski definition) is 5. The summed E-state index contributed by atoms with van der Waals surface area (Å²) in [6.45, 7) is 1.05. The maximum atomic E-state index is 12.8. The molecule has 2 N–H and O–H groups in total. The molecule has 1 fully saturated rings. The fourth-order valence-electron chi connectivity index (χ4n) is 2.15. The number of para-hydroxylation sites is 1. The second-order valence-corrected chi connectivity index (χ2v) is 6.50. The fraction of sp³-hybridized carbons (Fsp3) is 0.500. The number of anilines is 1. The highest BCUT2D eigenvalue weighted by Gasteiger charge is 2.48. The molecule has 1 atom stereocenters. The summed E-state index contributed by atoms with van der Waals surface area (Å²) >= 11 is 0. The van der Waals surface area contributed by atoms with Crippen molar-refractivity contribution in [1.29, 1.82) is 0 Å². The SMILES string of the molecule is NCC1CN(c2ccccc2S(=O)(=O)C(F)(F)F)CCO1. The minimum atomic E-state index is -5.39. The average molecular weight is 324 g/mol. The number of rotatable bonds is 3. The van der Waals surface area contributed by atoms with Crippen molar-refractivity contribution in [2.45, 2.75) is 16.5 Å². The molecule has 0 spiro atoms. The fourth-order valence-corrected chi connectivity index (χ4v) is 3.13. The van der Waals surface area contributed by atoms with Crippen LogP contribution in [0.3, 0.4) is 0 Å². The molecular formula is C12H15F3N2O3S. The van der Waals surface area contributed by atoms with Crippen molar-refractivity contribution in [2.75, 3.05) is 31.1 Å². The molecule has 1 aliphatic rings. The Morgan fingerprint density at radius 3 is 2.62 bits per heavy atom. The van der Waals surface area contributed by atoms with Crippen molar-refractivity contribution in [2.24, 2.45) is 5.73 Å². The third kappa shape index (κ3) is 3.14. The van der Waals surface area contributed by atoms with Gasteiger partial charge < -0.3 is 15.4 Å². The van der Waals surface area contributed by atoms with Gasteiger partial charge in [-0.2, -0.15) is 13.2 Å². The van der Waals surface area contributed by atoms with Crippen molar-refractivity contribution < 1.29 is 26.3 Å². The predicted molar refractivity (Wildman–Crippen MR) is 70.7 cm³/mol. The highest BCUT2D eigenvalue weighted by molar-refractivity contribution is 7.92. The molecule has 118 valence electrons. The number of nitrogens with zero attached hydrogens (tertiary/aromatic N) is 1. The van der Waals surface area contributed by atoms with Gasteiger partial charge in [-0.05, 0) is 12.1 Å². The molecule has 1 saturated heterocycles. The van der Waals surface area contributed by atoms with Gasteiger partial charge in [0.25, 0.3) is 9.84 Å². The number of benzene rings is 1. The van der Waals surface area contributed by atoms with Gasteiger partial charge in [0, 0.05) is 19.6 Å². The Morgan fingerprint density at radius 1 is 1.33 bits per heavy atom. The number of halogens is 3. The zero-order valence-electron chi connectivity index (χ0n) is 11.0. The second-order valence-electron chi connectivity index (χ2n) is 4.59. The largest absolute Gasteiger partial charge is 0.501 e. The van der Waals surface area contributed by atoms with Crippen LogP contribution >= 0.6 is 0 Å². The minimum absolute atomic E-state index is 0.0246. The minimum Gasteiger partial charge on any atom is -0.373 e. The Bertz CT molecular complexity index is 604. The Hall–Kier alpha value is -1.32. The van der Waals surface area contributed by atoms with E-state index in [0.717, 1.165) is 6.07 Å². The number of ether oxygens (including phenoxy) is 1. The van der Waals surface area contributed by atoms with Crippen LogP contribution in [0.25, 0.3) is 0 Å². The summed E-state index contributed by atoms with van der Waals surface area (Å²) in [5.41, 5.74) is 0.181. The molecule has 9 heteroatoms. The van der Waals surface area contributed by atoms with Gasteiger partial charge in [-0.25, -0.2) is 8.42 Å². The maximum absolute atomic E-state index is 12.8. The van der Waals surface area contributed by atoms with E-state index < -0.39 is 20.2 Å². The standard InChI is InChI=1S/C12H15F3N2O3S/c13-12(14,15)21(18,19)11-4-2-1-3-10(11)17-5-6-20-9(7-16)8-17/h1-4,9H,5-8,16H2. The highest BCUT2D eigenvalue weighted by atomic mass is 32.2. The molecule has 0 aromatic heterocycles. The molecule has 1 aromatic rings. The van der Waals surface area contributed by atoms with E-state index in [0.29, 0.717) is 6.54 Å². The number of nitrogens with two attached hydrogens (primary N) is 1. The lowest BCUT2D eigenvalue weighted by molar-refractivity contribution is -0.0435. The summed E-state index contributed by atoms with van der Waals surface area (Å²) in [6.07, 6.45) is -0.333. The Balaban J connectivity index is 2.43. The molecule has 1 aliphatic heterocycles. The van der Waals surface area contributed by atoms with Crippen molar-refractivity contribution >= 4 is 15.5 Å². The van der Waals surface area contributed by atoms with Crippen molar-refractivity contribution in [3.8, 4) is 0 Å². The normalized spacial score (nSPS) is 20.6. The van der Waals surface area contributed by atoms with Crippen LogP contribution in [-0.4, -0.2) is 46.3 Å². The molecule has 0 bridgehead atoms. The smallest absolute Gasteiger partial charge is 0.373 e. The first-order valence-electron chi connectivity index (χ1n) is 6.24. The summed E-state index contributed by atoms with van der Waals surface area (Å²) in [5.74, 6) is 0. The molecular weight excluding hydrogens is 309 g/mol. The number of hydrogen-bond donors (Lipinski definition) is 1. The van der Waals surface area contributed by atoms with Crippen molar-refractivity contribution in [3.05, 3.63) is 24.3 Å². The quantitative estimate of drug-likeness (QED) is 0.903. The van der Waals surface area contributed by atoms with E-state index in [1.165, 1.54) is 18.2 Å². The lowest BCUT2D eigenvalue weighted by Gasteiger charge is -2.35. The van der Waals surface area contributed by atoms with Gasteiger partial charge in [0.15, 0.2) is 0 Å². The summed E-state index contributed by atoms with van der Waals surface area (Å²) in [4.78, 5) is 0.815. The first-order chi connectivity index (χ1) is 9.77. The zero-order valence-corrected chi connectivity index (χ0v) is 11.8. The van der Waals surface area contributed by atoms with E-state index in [1.807, 2.05) is 0 Å². The van der Waals surface area contributed by atoms with E-state index in [-0.39, 0.29) is 31.5 Å². The van der Waals surface area contributed by atoms with E-state index in [2.05, 4.69) is 0 Å². The predicted octanol–water partition coefficient (Wildman–Crippen LogP) is 1.14. The van der Waals surface area contributed by atoms with Crippen LogP contribution in [0.5, 0.6) is 0 Å². The zero-order chi connectivity index (χ0) is 15.7. The van der Waals surface area contributed by atoms with Gasteiger partial charge in [-0.3, -0.25) is 0 Å². The van der Waals surface area contributed by atoms with Gasteiger partial charge in [-0.1, -0.05) is 12.1 Å². The van der Waals surface area contributed by atoms with Crippen LogP contribution in [0.1, 0.15) is 0 Å². The molecule has 5 nitrogen and oxygen atoms in total. The highest BCUT2D eigenvalue weighted by Crippen LogP contribution is 2.36. The summed E-state index contributed by atoms with van der Waals surface area (Å²) in [6, 6.07) is 5.09. The molecule has 2 rings (SSSR count). The van der Waals surface area contributed by atoms with Crippen LogP contribution in [0.4, 0.5) is 18.9 Å². The number of alkyl halides is 3. The molecule has 0 aliphatic carbocycles. The van der Waals surface area contributed by atoms with Crippen LogP contribution in [0, 0.1) is 0 Å². The van der Waals surface area contributed by atoms with Crippen LogP contribution in [0.15, 0.2) is 29.2 Å². The first kappa shape index (κ1) is 16.1. The summed E-state index contributed by atoms with van der Waals surface area (Å²) in [7, 11) is -5.39. The van der Waals surface area contributed by atoms with Gasteiger partial charge in [0.05, 0.1) is 23.3 Å². The summed E-state index contributed by atoms with van der Waals surface area (Å²) < 4.78 is 66.9. The molecule has 1 heterocycles. The van der Waals surface area contributed by atoms with E-state index >= 15 is 0 Å². The summed E-state index contributed by atoms with van der Waals surface area (Å²) in [5, 5.41) is 0. The number of morpholine rings is 1. The molecule has 0 radical (unpaired) electrons. The van der Waals surface area contributed by atoms with Gasteiger partial charge in [-0.15, -0.1) is 0 Å². The third-order valence-electron chi connectivity index (χ3n) is 3.20. The van der Waals surface area contributed by atoms with Gasteiger partial charge >= 0.3 is 5.51 Å². The molecule has 21 heavy (non-hydrogen) atoms. The van der Waals surface area contributed by atoms with Crippen molar-refractivity contribution in [3.63, 3.8) is 0 Å². The van der Waals surface area contributed by atoms with Gasteiger partial charge in [0.2, 0.25) is 0 Å².